The lowest BCUT2D eigenvalue weighted by Crippen LogP contribution is -2.40. The molecule has 33 heavy (non-hydrogen) atoms. The van der Waals surface area contributed by atoms with Crippen molar-refractivity contribution in [2.75, 3.05) is 0 Å². The maximum atomic E-state index is 2.42. The number of hydrogen-bond acceptors (Lipinski definition) is 1. The molecule has 1 aromatic heterocycles. The van der Waals surface area contributed by atoms with Crippen molar-refractivity contribution in [2.24, 2.45) is 0 Å². The molecule has 1 heteroatoms. The van der Waals surface area contributed by atoms with E-state index in [9.17, 15) is 0 Å². The van der Waals surface area contributed by atoms with Crippen molar-refractivity contribution in [3.8, 4) is 21.6 Å². The van der Waals surface area contributed by atoms with Gasteiger partial charge in [0, 0.05) is 10.3 Å². The fourth-order valence-corrected chi connectivity index (χ4v) is 7.18. The molecule has 0 amide bonds. The van der Waals surface area contributed by atoms with Crippen molar-refractivity contribution in [3.63, 3.8) is 0 Å². The van der Waals surface area contributed by atoms with Gasteiger partial charge < -0.3 is 0 Å². The second-order valence-corrected chi connectivity index (χ2v) is 10.7. The number of benzene rings is 4. The molecular formula is C32H24S. The lowest BCUT2D eigenvalue weighted by atomic mass is 9.55. The normalized spacial score (nSPS) is 16.1. The van der Waals surface area contributed by atoms with Crippen LogP contribution in [0.25, 0.3) is 21.6 Å². The Morgan fingerprint density at radius 3 is 1.73 bits per heavy atom. The van der Waals surface area contributed by atoms with Gasteiger partial charge in [0.1, 0.15) is 0 Å². The summed E-state index contributed by atoms with van der Waals surface area (Å²) in [5.74, 6) is 0. The summed E-state index contributed by atoms with van der Waals surface area (Å²) in [5.41, 5.74) is 12.2. The van der Waals surface area contributed by atoms with Crippen LogP contribution in [-0.2, 0) is 10.8 Å². The number of hydrogen-bond donors (Lipinski definition) is 0. The molecule has 5 aromatic rings. The van der Waals surface area contributed by atoms with Gasteiger partial charge in [-0.1, -0.05) is 105 Å². The number of fused-ring (bicyclic) bond motifs is 9. The van der Waals surface area contributed by atoms with Crippen molar-refractivity contribution in [3.05, 3.63) is 142 Å². The molecular weight excluding hydrogens is 416 g/mol. The molecule has 0 fully saturated rings. The minimum Gasteiger partial charge on any atom is -0.144 e. The van der Waals surface area contributed by atoms with E-state index in [1.54, 1.807) is 11.3 Å². The van der Waals surface area contributed by atoms with Crippen molar-refractivity contribution < 1.29 is 0 Å². The van der Waals surface area contributed by atoms with Crippen LogP contribution in [-0.4, -0.2) is 0 Å². The highest BCUT2D eigenvalue weighted by atomic mass is 32.1. The van der Waals surface area contributed by atoms with Crippen LogP contribution in [0.2, 0.25) is 0 Å². The van der Waals surface area contributed by atoms with Gasteiger partial charge >= 0.3 is 0 Å². The molecule has 0 bridgehead atoms. The van der Waals surface area contributed by atoms with Gasteiger partial charge in [-0.2, -0.15) is 0 Å². The summed E-state index contributed by atoms with van der Waals surface area (Å²) in [7, 11) is 0. The summed E-state index contributed by atoms with van der Waals surface area (Å²) in [5, 5.41) is 2.16. The smallest absolute Gasteiger partial charge is 0.0719 e. The van der Waals surface area contributed by atoms with E-state index < -0.39 is 0 Å². The van der Waals surface area contributed by atoms with E-state index in [0.29, 0.717) is 0 Å². The first-order chi connectivity index (χ1) is 16.1. The molecule has 4 aromatic carbocycles. The molecule has 158 valence electrons. The van der Waals surface area contributed by atoms with Gasteiger partial charge in [0.05, 0.1) is 5.41 Å². The molecule has 0 nitrogen and oxygen atoms in total. The Hall–Kier alpha value is -3.42. The molecule has 2 aliphatic rings. The summed E-state index contributed by atoms with van der Waals surface area (Å²) >= 11 is 1.81. The zero-order valence-electron chi connectivity index (χ0n) is 18.8. The molecule has 0 N–H and O–H groups in total. The lowest BCUT2D eigenvalue weighted by Gasteiger charge is -2.46. The van der Waals surface area contributed by atoms with Crippen LogP contribution < -0.4 is 0 Å². The summed E-state index contributed by atoms with van der Waals surface area (Å²) in [6, 6.07) is 38.8. The van der Waals surface area contributed by atoms with Crippen molar-refractivity contribution in [2.45, 2.75) is 24.7 Å². The average molecular weight is 441 g/mol. The quantitative estimate of drug-likeness (QED) is 0.241. The summed E-state index contributed by atoms with van der Waals surface area (Å²) in [4.78, 5) is 1.32. The molecule has 1 heterocycles. The predicted molar refractivity (Wildman–Crippen MR) is 139 cm³/mol. The molecule has 0 radical (unpaired) electrons. The molecule has 0 unspecified atom stereocenters. The highest BCUT2D eigenvalue weighted by molar-refractivity contribution is 7.13. The summed E-state index contributed by atoms with van der Waals surface area (Å²) < 4.78 is 0. The van der Waals surface area contributed by atoms with E-state index >= 15 is 0 Å². The van der Waals surface area contributed by atoms with Gasteiger partial charge in [-0.15, -0.1) is 11.3 Å². The molecule has 7 rings (SSSR count). The first-order valence-corrected chi connectivity index (χ1v) is 12.5. The second kappa shape index (κ2) is 6.56. The topological polar surface area (TPSA) is 0 Å². The van der Waals surface area contributed by atoms with Crippen LogP contribution in [0.1, 0.15) is 47.2 Å². The highest BCUT2D eigenvalue weighted by Gasteiger charge is 2.53. The largest absolute Gasteiger partial charge is 0.144 e. The zero-order chi connectivity index (χ0) is 22.2. The van der Waals surface area contributed by atoms with E-state index in [1.807, 2.05) is 0 Å². The first kappa shape index (κ1) is 19.1. The number of thiophene rings is 1. The summed E-state index contributed by atoms with van der Waals surface area (Å²) in [6.07, 6.45) is 0. The molecule has 0 atom stereocenters. The second-order valence-electron chi connectivity index (χ2n) is 9.75. The standard InChI is InChI=1S/C32H24S/c1-31(2)26-12-5-7-14-28(26)32(29-15-8-6-13-27(29)31)24-11-4-3-10-22(24)23-20-21(17-18-25(23)32)30-16-9-19-33-30/h3-20H,1-2H3. The number of rotatable bonds is 1. The third-order valence-corrected chi connectivity index (χ3v) is 8.78. The maximum absolute atomic E-state index is 2.42. The third kappa shape index (κ3) is 2.31. The van der Waals surface area contributed by atoms with E-state index in [0.717, 1.165) is 0 Å². The van der Waals surface area contributed by atoms with E-state index in [4.69, 9.17) is 0 Å². The Labute approximate surface area is 199 Å². The fourth-order valence-electron chi connectivity index (χ4n) is 6.46. The van der Waals surface area contributed by atoms with E-state index in [-0.39, 0.29) is 10.8 Å². The maximum Gasteiger partial charge on any atom is 0.0719 e. The lowest BCUT2D eigenvalue weighted by molar-refractivity contribution is 0.563. The average Bonchev–Trinajstić information content (AvgIpc) is 3.49. The molecule has 2 aliphatic carbocycles. The van der Waals surface area contributed by atoms with Gasteiger partial charge in [-0.25, -0.2) is 0 Å². The van der Waals surface area contributed by atoms with Crippen LogP contribution in [0, 0.1) is 0 Å². The third-order valence-electron chi connectivity index (χ3n) is 7.86. The Kier molecular flexibility index (Phi) is 3.79. The molecule has 0 saturated heterocycles. The fraction of sp³-hybridized carbons (Fsp3) is 0.125. The molecule has 1 spiro atoms. The Morgan fingerprint density at radius 1 is 0.515 bits per heavy atom. The van der Waals surface area contributed by atoms with Crippen LogP contribution in [0.5, 0.6) is 0 Å². The van der Waals surface area contributed by atoms with Crippen LogP contribution in [0.15, 0.2) is 109 Å². The Bertz CT molecular complexity index is 1490. The monoisotopic (exact) mass is 440 g/mol. The van der Waals surface area contributed by atoms with Gasteiger partial charge in [0.25, 0.3) is 0 Å². The van der Waals surface area contributed by atoms with E-state index in [1.165, 1.54) is 54.9 Å². The minimum atomic E-state index is -0.289. The summed E-state index contributed by atoms with van der Waals surface area (Å²) in [6.45, 7) is 4.75. The van der Waals surface area contributed by atoms with Gasteiger partial charge in [0.15, 0.2) is 0 Å². The highest BCUT2D eigenvalue weighted by Crippen LogP contribution is 2.62. The van der Waals surface area contributed by atoms with Crippen LogP contribution in [0.3, 0.4) is 0 Å². The van der Waals surface area contributed by atoms with Gasteiger partial charge in [0.2, 0.25) is 0 Å². The van der Waals surface area contributed by atoms with Gasteiger partial charge in [-0.05, 0) is 67.6 Å². The van der Waals surface area contributed by atoms with Crippen molar-refractivity contribution in [1.29, 1.82) is 0 Å². The molecule has 0 aliphatic heterocycles. The first-order valence-electron chi connectivity index (χ1n) is 11.6. The zero-order valence-corrected chi connectivity index (χ0v) is 19.6. The van der Waals surface area contributed by atoms with Gasteiger partial charge in [-0.3, -0.25) is 0 Å². The predicted octanol–water partition coefficient (Wildman–Crippen LogP) is 8.42. The van der Waals surface area contributed by atoms with Crippen molar-refractivity contribution >= 4 is 11.3 Å². The Morgan fingerprint density at radius 2 is 1.09 bits per heavy atom. The van der Waals surface area contributed by atoms with Crippen LogP contribution in [0.4, 0.5) is 0 Å². The minimum absolute atomic E-state index is 0.0486. The van der Waals surface area contributed by atoms with Crippen LogP contribution >= 0.6 is 11.3 Å². The SMILES string of the molecule is CC1(C)c2ccccc2C2(c3ccccc3-c3cc(-c4cccs4)ccc32)c2ccccc21. The van der Waals surface area contributed by atoms with E-state index in [2.05, 4.69) is 122 Å². The Balaban J connectivity index is 1.65. The molecule has 0 saturated carbocycles. The van der Waals surface area contributed by atoms with Crippen molar-refractivity contribution in [1.82, 2.24) is 0 Å².